The summed E-state index contributed by atoms with van der Waals surface area (Å²) >= 11 is 0. The number of hydrogen-bond donors (Lipinski definition) is 4. The maximum absolute atomic E-state index is 12.9. The Bertz CT molecular complexity index is 1040. The van der Waals surface area contributed by atoms with Gasteiger partial charge in [-0.2, -0.15) is 0 Å². The van der Waals surface area contributed by atoms with Crippen LogP contribution in [0.25, 0.3) is 0 Å². The third kappa shape index (κ3) is 15.0. The number of hydrogen-bond acceptors (Lipinski definition) is 9. The number of likely N-dealkylation sites (tertiary alicyclic amines) is 1. The third-order valence-electron chi connectivity index (χ3n) is 9.23. The van der Waals surface area contributed by atoms with E-state index >= 15 is 0 Å². The van der Waals surface area contributed by atoms with Crippen LogP contribution < -0.4 is 10.6 Å². The number of ether oxygens (including phenoxy) is 2. The fourth-order valence-electron chi connectivity index (χ4n) is 6.24. The number of likely N-dealkylation sites (N-methyl/N-ethyl adjacent to an activating group) is 1. The first kappa shape index (κ1) is 46.8. The largest absolute Gasteiger partial charge is 0.379 e. The predicted octanol–water partition coefficient (Wildman–Crippen LogP) is 3.29. The van der Waals surface area contributed by atoms with Crippen LogP contribution in [0.2, 0.25) is 0 Å². The summed E-state index contributed by atoms with van der Waals surface area (Å²) in [5.41, 5.74) is 6.78. The van der Waals surface area contributed by atoms with Crippen molar-refractivity contribution in [2.45, 2.75) is 111 Å². The number of rotatable bonds is 15. The topological polar surface area (TPSA) is 179 Å². The molecule has 2 fully saturated rings. The normalized spacial score (nSPS) is 19.6. The SMILES string of the molecule is CCC.CCC(C)C(C(CC)OC)N(C)C(=O)CN=C(N(C)C)N1CCNCC1.COC(C(C)C(=O)N[C@@H](C)C(=N)N=N)C1CCCN1C=O. The summed E-state index contributed by atoms with van der Waals surface area (Å²) < 4.78 is 11.1. The molecule has 4 N–H and O–H groups in total. The van der Waals surface area contributed by atoms with Crippen molar-refractivity contribution in [3.8, 4) is 0 Å². The molecule has 6 unspecified atom stereocenters. The number of guanidine groups is 1. The lowest BCUT2D eigenvalue weighted by Crippen LogP contribution is -2.52. The molecule has 0 aromatic rings. The van der Waals surface area contributed by atoms with Crippen molar-refractivity contribution in [1.82, 2.24) is 30.2 Å². The average molecular weight is 711 g/mol. The molecule has 2 rings (SSSR count). The van der Waals surface area contributed by atoms with Crippen molar-refractivity contribution in [3.63, 3.8) is 0 Å². The molecular formula is C35H70N10O5. The van der Waals surface area contributed by atoms with Gasteiger partial charge in [0.2, 0.25) is 18.2 Å². The van der Waals surface area contributed by atoms with Gasteiger partial charge in [-0.25, -0.2) is 10.5 Å². The van der Waals surface area contributed by atoms with Gasteiger partial charge in [-0.1, -0.05) is 54.4 Å². The highest BCUT2D eigenvalue weighted by Crippen LogP contribution is 2.25. The summed E-state index contributed by atoms with van der Waals surface area (Å²) in [6, 6.07) is -0.663. The molecule has 2 saturated heterocycles. The van der Waals surface area contributed by atoms with Crippen LogP contribution >= 0.6 is 0 Å². The van der Waals surface area contributed by atoms with E-state index in [9.17, 15) is 14.4 Å². The number of carbonyl (C=O) groups excluding carboxylic acids is 3. The van der Waals surface area contributed by atoms with Gasteiger partial charge >= 0.3 is 0 Å². The highest BCUT2D eigenvalue weighted by atomic mass is 16.5. The van der Waals surface area contributed by atoms with Gasteiger partial charge in [-0.05, 0) is 32.1 Å². The van der Waals surface area contributed by atoms with Gasteiger partial charge in [-0.15, -0.1) is 5.11 Å². The van der Waals surface area contributed by atoms with Gasteiger partial charge in [0.1, 0.15) is 6.54 Å². The molecule has 0 aromatic heterocycles. The Morgan fingerprint density at radius 1 is 1.02 bits per heavy atom. The van der Waals surface area contributed by atoms with Crippen molar-refractivity contribution >= 4 is 30.0 Å². The number of carbonyl (C=O) groups is 3. The van der Waals surface area contributed by atoms with Gasteiger partial charge < -0.3 is 39.7 Å². The number of nitrogens with zero attached hydrogens (tertiary/aromatic N) is 6. The second-order valence-corrected chi connectivity index (χ2v) is 13.3. The molecule has 2 heterocycles. The van der Waals surface area contributed by atoms with E-state index in [-0.39, 0.29) is 42.4 Å². The van der Waals surface area contributed by atoms with E-state index in [0.29, 0.717) is 12.5 Å². The zero-order valence-electron chi connectivity index (χ0n) is 33.1. The van der Waals surface area contributed by atoms with E-state index in [2.05, 4.69) is 60.3 Å². The molecule has 2 aliphatic rings. The first-order valence-electron chi connectivity index (χ1n) is 18.2. The van der Waals surface area contributed by atoms with Crippen LogP contribution in [0, 0.1) is 22.8 Å². The first-order chi connectivity index (χ1) is 23.7. The number of aliphatic imine (C=N–C) groups is 1. The molecule has 15 heteroatoms. The molecular weight excluding hydrogens is 640 g/mol. The lowest BCUT2D eigenvalue weighted by atomic mass is 9.91. The number of amidine groups is 1. The minimum atomic E-state index is -0.624. The second kappa shape index (κ2) is 25.7. The van der Waals surface area contributed by atoms with Crippen LogP contribution in [0.4, 0.5) is 0 Å². The van der Waals surface area contributed by atoms with Crippen LogP contribution in [-0.4, -0.2) is 155 Å². The van der Waals surface area contributed by atoms with Crippen molar-refractivity contribution in [1.29, 1.82) is 10.9 Å². The molecule has 0 aromatic carbocycles. The lowest BCUT2D eigenvalue weighted by Gasteiger charge is -2.37. The van der Waals surface area contributed by atoms with Gasteiger partial charge in [0, 0.05) is 68.1 Å². The second-order valence-electron chi connectivity index (χ2n) is 13.3. The highest BCUT2D eigenvalue weighted by molar-refractivity contribution is 5.90. The van der Waals surface area contributed by atoms with Crippen LogP contribution in [0.1, 0.15) is 80.6 Å². The van der Waals surface area contributed by atoms with Gasteiger partial charge in [0.25, 0.3) is 0 Å². The van der Waals surface area contributed by atoms with E-state index in [0.717, 1.165) is 64.2 Å². The maximum Gasteiger partial charge on any atom is 0.244 e. The summed E-state index contributed by atoms with van der Waals surface area (Å²) in [6.07, 6.45) is 5.30. The molecule has 50 heavy (non-hydrogen) atoms. The first-order valence-corrected chi connectivity index (χ1v) is 18.2. The zero-order valence-corrected chi connectivity index (χ0v) is 33.1. The summed E-state index contributed by atoms with van der Waals surface area (Å²) in [4.78, 5) is 48.5. The molecule has 0 spiro atoms. The maximum atomic E-state index is 12.9. The van der Waals surface area contributed by atoms with E-state index < -0.39 is 18.1 Å². The summed E-state index contributed by atoms with van der Waals surface area (Å²) in [5.74, 6) is 0.341. The molecule has 15 nitrogen and oxygen atoms in total. The molecule has 2 aliphatic heterocycles. The smallest absolute Gasteiger partial charge is 0.244 e. The number of piperazine rings is 1. The summed E-state index contributed by atoms with van der Waals surface area (Å²) in [5, 5.41) is 16.4. The van der Waals surface area contributed by atoms with E-state index in [1.165, 1.54) is 13.5 Å². The van der Waals surface area contributed by atoms with Crippen LogP contribution in [0.15, 0.2) is 10.1 Å². The van der Waals surface area contributed by atoms with Crippen LogP contribution in [-0.2, 0) is 23.9 Å². The van der Waals surface area contributed by atoms with Crippen molar-refractivity contribution < 1.29 is 23.9 Å². The van der Waals surface area contributed by atoms with Crippen molar-refractivity contribution in [2.75, 3.05) is 74.6 Å². The summed E-state index contributed by atoms with van der Waals surface area (Å²) in [6.45, 7) is 18.6. The van der Waals surface area contributed by atoms with Crippen molar-refractivity contribution in [2.24, 2.45) is 21.9 Å². The molecule has 0 saturated carbocycles. The van der Waals surface area contributed by atoms with Gasteiger partial charge in [0.15, 0.2) is 11.8 Å². The highest BCUT2D eigenvalue weighted by Gasteiger charge is 2.37. The fraction of sp³-hybridized carbons (Fsp3) is 0.857. The number of nitrogens with one attached hydrogen (secondary N) is 4. The lowest BCUT2D eigenvalue weighted by molar-refractivity contribution is -0.135. The molecule has 290 valence electrons. The molecule has 3 amide bonds. The van der Waals surface area contributed by atoms with E-state index in [1.807, 2.05) is 30.9 Å². The van der Waals surface area contributed by atoms with Crippen molar-refractivity contribution in [3.05, 3.63) is 0 Å². The van der Waals surface area contributed by atoms with E-state index in [1.54, 1.807) is 25.9 Å². The molecule has 0 radical (unpaired) electrons. The number of methoxy groups -OCH3 is 2. The average Bonchev–Trinajstić information content (AvgIpc) is 3.59. The van der Waals surface area contributed by atoms with Crippen LogP contribution in [0.3, 0.4) is 0 Å². The monoisotopic (exact) mass is 711 g/mol. The predicted molar refractivity (Wildman–Crippen MR) is 200 cm³/mol. The number of amides is 3. The Morgan fingerprint density at radius 3 is 2.08 bits per heavy atom. The third-order valence-corrected chi connectivity index (χ3v) is 9.23. The van der Waals surface area contributed by atoms with E-state index in [4.69, 9.17) is 20.4 Å². The Kier molecular flexibility index (Phi) is 24.1. The zero-order chi connectivity index (χ0) is 38.4. The Balaban J connectivity index is 0.000000907. The Hall–Kier alpha value is -3.17. The van der Waals surface area contributed by atoms with Crippen LogP contribution in [0.5, 0.6) is 0 Å². The quantitative estimate of drug-likeness (QED) is 0.0866. The Morgan fingerprint density at radius 2 is 1.62 bits per heavy atom. The minimum absolute atomic E-state index is 0.0419. The fourth-order valence-corrected chi connectivity index (χ4v) is 6.24. The standard InChI is InChI=1S/C19H39N5O2.C13H23N5O3.C3H8/c1-8-15(3)18(16(9-2)26-7)23(6)17(25)14-21-19(22(4)5)24-12-10-20-11-13-24;1-8(13(20)16-9(2)12(14)17-15)11(21-3)10-5-4-6-18(10)7-19;1-3-2/h15-16,18,20H,8-14H2,1-7H3;7-11,14-15H,4-6H2,1-3H3,(H,16,20);3H2,1-2H3/t;8?,9-,10?,11?;/m.0./s1. The molecule has 0 bridgehead atoms. The molecule has 0 aliphatic carbocycles. The minimum Gasteiger partial charge on any atom is -0.379 e. The summed E-state index contributed by atoms with van der Waals surface area (Å²) in [7, 11) is 9.11. The molecule has 7 atom stereocenters. The Labute approximate surface area is 302 Å². The van der Waals surface area contributed by atoms with Gasteiger partial charge in [0.05, 0.1) is 36.3 Å². The van der Waals surface area contributed by atoms with Gasteiger partial charge in [-0.3, -0.25) is 19.8 Å².